The molecule has 0 bridgehead atoms. The third-order valence-corrected chi connectivity index (χ3v) is 7.42. The lowest BCUT2D eigenvalue weighted by Crippen LogP contribution is -2.39. The third-order valence-electron chi connectivity index (χ3n) is 7.42. The molecule has 2 N–H and O–H groups in total. The second-order valence-electron chi connectivity index (χ2n) is 11.2. The number of hydrogen-bond donors (Lipinski definition) is 2. The predicted molar refractivity (Wildman–Crippen MR) is 152 cm³/mol. The minimum atomic E-state index is -0.895. The molecule has 212 valence electrons. The van der Waals surface area contributed by atoms with Gasteiger partial charge < -0.3 is 20.1 Å². The average molecular weight is 559 g/mol. The van der Waals surface area contributed by atoms with E-state index in [0.29, 0.717) is 53.8 Å². The maximum atomic E-state index is 14.5. The number of ether oxygens (including phenoxy) is 2. The van der Waals surface area contributed by atoms with E-state index in [4.69, 9.17) is 9.47 Å². The molecule has 3 aromatic rings. The van der Waals surface area contributed by atoms with E-state index in [0.717, 1.165) is 17.3 Å². The number of allylic oxidation sites excluding steroid dienone is 3. The second kappa shape index (κ2) is 11.2. The molecular weight excluding hydrogens is 526 g/mol. The van der Waals surface area contributed by atoms with Gasteiger partial charge in [0, 0.05) is 40.9 Å². The van der Waals surface area contributed by atoms with Gasteiger partial charge in [-0.1, -0.05) is 50.2 Å². The number of Topliss-reactive ketones (excluding diaryl/α,β-unsaturated/α-hetero) is 1. The quantitative estimate of drug-likeness (QED) is 0.334. The van der Waals surface area contributed by atoms with Crippen molar-refractivity contribution < 1.29 is 27.8 Å². The van der Waals surface area contributed by atoms with Crippen molar-refractivity contribution in [2.45, 2.75) is 46.1 Å². The van der Waals surface area contributed by atoms with Gasteiger partial charge in [0.15, 0.2) is 17.3 Å². The van der Waals surface area contributed by atoms with Crippen LogP contribution in [0.5, 0.6) is 11.5 Å². The number of carbonyl (C=O) groups is 2. The monoisotopic (exact) mass is 558 g/mol. The van der Waals surface area contributed by atoms with Crippen molar-refractivity contribution in [2.24, 2.45) is 5.41 Å². The number of ketones is 1. The van der Waals surface area contributed by atoms with E-state index in [9.17, 15) is 18.4 Å². The van der Waals surface area contributed by atoms with Gasteiger partial charge in [-0.25, -0.2) is 8.78 Å². The van der Waals surface area contributed by atoms with Crippen LogP contribution >= 0.6 is 0 Å². The van der Waals surface area contributed by atoms with Gasteiger partial charge in [0.25, 0.3) is 5.91 Å². The number of nitrogens with one attached hydrogen (secondary N) is 2. The van der Waals surface area contributed by atoms with Crippen LogP contribution in [0, 0.1) is 17.0 Å². The number of rotatable bonds is 7. The first kappa shape index (κ1) is 28.1. The van der Waals surface area contributed by atoms with Crippen molar-refractivity contribution in [1.29, 1.82) is 0 Å². The average Bonchev–Trinajstić information content (AvgIpc) is 2.92. The zero-order valence-electron chi connectivity index (χ0n) is 23.4. The highest BCUT2D eigenvalue weighted by molar-refractivity contribution is 6.10. The van der Waals surface area contributed by atoms with Crippen molar-refractivity contribution in [1.82, 2.24) is 5.32 Å². The summed E-state index contributed by atoms with van der Waals surface area (Å²) in [6.07, 6.45) is 0.943. The van der Waals surface area contributed by atoms with E-state index in [1.54, 1.807) is 19.1 Å². The molecule has 0 fully saturated rings. The Hall–Kier alpha value is -4.46. The molecule has 3 aromatic carbocycles. The minimum absolute atomic E-state index is 0.0668. The van der Waals surface area contributed by atoms with Gasteiger partial charge in [-0.3, -0.25) is 9.59 Å². The first-order chi connectivity index (χ1) is 19.6. The SMILES string of the molecule is COc1cc([C@H]2C(C(=O)Nc3ccc(F)cc3F)=C(C)NC3=C2C(=O)CC(C)(C)C3)ccc1OCc1ccccc1. The Morgan fingerprint density at radius 3 is 2.49 bits per heavy atom. The predicted octanol–water partition coefficient (Wildman–Crippen LogP) is 6.80. The third kappa shape index (κ3) is 5.87. The van der Waals surface area contributed by atoms with Crippen LogP contribution in [0.2, 0.25) is 0 Å². The van der Waals surface area contributed by atoms with Gasteiger partial charge in [0.1, 0.15) is 18.2 Å². The van der Waals surface area contributed by atoms with Crippen molar-refractivity contribution in [3.63, 3.8) is 0 Å². The molecule has 0 saturated carbocycles. The summed E-state index contributed by atoms with van der Waals surface area (Å²) in [7, 11) is 1.53. The molecule has 1 heterocycles. The molecular formula is C33H32F2N2O4. The molecule has 1 aliphatic carbocycles. The van der Waals surface area contributed by atoms with Crippen molar-refractivity contribution in [3.05, 3.63) is 112 Å². The highest BCUT2D eigenvalue weighted by Crippen LogP contribution is 2.48. The number of halogens is 2. The number of carbonyl (C=O) groups excluding carboxylic acids is 2. The fourth-order valence-electron chi connectivity index (χ4n) is 5.57. The van der Waals surface area contributed by atoms with Crippen LogP contribution < -0.4 is 20.1 Å². The van der Waals surface area contributed by atoms with Crippen LogP contribution in [0.1, 0.15) is 50.7 Å². The molecule has 0 saturated heterocycles. The Labute approximate surface area is 238 Å². The Kier molecular flexibility index (Phi) is 7.67. The Balaban J connectivity index is 1.55. The van der Waals surface area contributed by atoms with E-state index in [-0.39, 0.29) is 22.5 Å². The zero-order chi connectivity index (χ0) is 29.3. The lowest BCUT2D eigenvalue weighted by molar-refractivity contribution is -0.118. The molecule has 0 radical (unpaired) electrons. The summed E-state index contributed by atoms with van der Waals surface area (Å²) in [5.41, 5.74) is 3.31. The normalized spacial score (nSPS) is 18.0. The summed E-state index contributed by atoms with van der Waals surface area (Å²) in [5.74, 6) is -2.09. The molecule has 8 heteroatoms. The van der Waals surface area contributed by atoms with E-state index >= 15 is 0 Å². The molecule has 6 nitrogen and oxygen atoms in total. The summed E-state index contributed by atoms with van der Waals surface area (Å²) >= 11 is 0. The number of methoxy groups -OCH3 is 1. The number of benzene rings is 3. The summed E-state index contributed by atoms with van der Waals surface area (Å²) in [6, 6.07) is 18.0. The van der Waals surface area contributed by atoms with E-state index in [1.165, 1.54) is 13.2 Å². The van der Waals surface area contributed by atoms with E-state index in [2.05, 4.69) is 10.6 Å². The maximum Gasteiger partial charge on any atom is 0.254 e. The van der Waals surface area contributed by atoms with Crippen LogP contribution in [-0.4, -0.2) is 18.8 Å². The smallest absolute Gasteiger partial charge is 0.254 e. The van der Waals surface area contributed by atoms with E-state index < -0.39 is 23.5 Å². The largest absolute Gasteiger partial charge is 0.493 e. The van der Waals surface area contributed by atoms with Crippen molar-refractivity contribution in [2.75, 3.05) is 12.4 Å². The Morgan fingerprint density at radius 2 is 1.78 bits per heavy atom. The highest BCUT2D eigenvalue weighted by atomic mass is 19.1. The first-order valence-corrected chi connectivity index (χ1v) is 13.4. The molecule has 1 amide bonds. The van der Waals surface area contributed by atoms with Crippen LogP contribution in [-0.2, 0) is 16.2 Å². The number of anilines is 1. The fourth-order valence-corrected chi connectivity index (χ4v) is 5.57. The summed E-state index contributed by atoms with van der Waals surface area (Å²) < 4.78 is 39.7. The molecule has 1 atom stereocenters. The Bertz CT molecular complexity index is 1580. The summed E-state index contributed by atoms with van der Waals surface area (Å²) in [4.78, 5) is 27.4. The van der Waals surface area contributed by atoms with Crippen molar-refractivity contribution in [3.8, 4) is 11.5 Å². The van der Waals surface area contributed by atoms with Gasteiger partial charge in [-0.15, -0.1) is 0 Å². The molecule has 0 spiro atoms. The van der Waals surface area contributed by atoms with Crippen LogP contribution in [0.4, 0.5) is 14.5 Å². The van der Waals surface area contributed by atoms with Gasteiger partial charge in [-0.05, 0) is 54.2 Å². The standard InChI is InChI=1S/C33H32F2N2O4/c1-19-29(32(39)37-24-12-11-22(34)15-23(24)35)30(31-25(36-19)16-33(2,3)17-26(31)38)21-10-13-27(28(14-21)40-4)41-18-20-8-6-5-7-9-20/h5-15,30,36H,16-18H2,1-4H3,(H,37,39)/t30-/m0/s1. The topological polar surface area (TPSA) is 76.7 Å². The van der Waals surface area contributed by atoms with Crippen molar-refractivity contribution >= 4 is 17.4 Å². The maximum absolute atomic E-state index is 14.5. The lowest BCUT2D eigenvalue weighted by Gasteiger charge is -2.39. The molecule has 0 unspecified atom stereocenters. The Morgan fingerprint density at radius 1 is 1.02 bits per heavy atom. The van der Waals surface area contributed by atoms with Gasteiger partial charge in [-0.2, -0.15) is 0 Å². The first-order valence-electron chi connectivity index (χ1n) is 13.4. The van der Waals surface area contributed by atoms with Gasteiger partial charge >= 0.3 is 0 Å². The molecule has 1 aliphatic heterocycles. The van der Waals surface area contributed by atoms with Gasteiger partial charge in [0.05, 0.1) is 12.8 Å². The summed E-state index contributed by atoms with van der Waals surface area (Å²) in [5, 5.41) is 5.86. The van der Waals surface area contributed by atoms with Gasteiger partial charge in [0.2, 0.25) is 0 Å². The molecule has 41 heavy (non-hydrogen) atoms. The van der Waals surface area contributed by atoms with Crippen LogP contribution in [0.15, 0.2) is 89.3 Å². The fraction of sp³-hybridized carbons (Fsp3) is 0.273. The summed E-state index contributed by atoms with van der Waals surface area (Å²) in [6.45, 7) is 6.16. The second-order valence-corrected chi connectivity index (χ2v) is 11.2. The minimum Gasteiger partial charge on any atom is -0.493 e. The molecule has 0 aromatic heterocycles. The number of hydrogen-bond acceptors (Lipinski definition) is 5. The van der Waals surface area contributed by atoms with Crippen LogP contribution in [0.25, 0.3) is 0 Å². The molecule has 5 rings (SSSR count). The van der Waals surface area contributed by atoms with Crippen LogP contribution in [0.3, 0.4) is 0 Å². The number of amides is 1. The molecule has 2 aliphatic rings. The van der Waals surface area contributed by atoms with E-state index in [1.807, 2.05) is 50.2 Å². The highest BCUT2D eigenvalue weighted by Gasteiger charge is 2.43. The lowest BCUT2D eigenvalue weighted by atomic mass is 9.68. The number of dihydropyridines is 1. The zero-order valence-corrected chi connectivity index (χ0v) is 23.4.